The van der Waals surface area contributed by atoms with E-state index in [1.54, 1.807) is 6.07 Å². The van der Waals surface area contributed by atoms with Crippen molar-refractivity contribution >= 4 is 61.7 Å². The fourth-order valence-electron chi connectivity index (χ4n) is 3.26. The van der Waals surface area contributed by atoms with Crippen LogP contribution >= 0.6 is 51.4 Å². The third-order valence-corrected chi connectivity index (χ3v) is 7.57. The van der Waals surface area contributed by atoms with Crippen LogP contribution in [0.2, 0.25) is 0 Å². The Morgan fingerprint density at radius 1 is 1.12 bits per heavy atom. The van der Waals surface area contributed by atoms with Crippen molar-refractivity contribution in [1.82, 2.24) is 10.3 Å². The van der Waals surface area contributed by atoms with Gasteiger partial charge in [-0.1, -0.05) is 45.5 Å². The number of aromatic hydroxyl groups is 1. The van der Waals surface area contributed by atoms with Crippen LogP contribution in [0.15, 0.2) is 45.7 Å². The maximum absolute atomic E-state index is 11.6. The molecule has 3 rings (SSSR count). The molecule has 0 bridgehead atoms. The minimum absolute atomic E-state index is 0. The molecule has 0 unspecified atom stereocenters. The van der Waals surface area contributed by atoms with E-state index in [0.717, 1.165) is 66.3 Å². The first kappa shape index (κ1) is 28.2. The molecule has 0 aliphatic heterocycles. The molecule has 0 spiro atoms. The Balaban J connectivity index is 0.00000385. The van der Waals surface area contributed by atoms with Gasteiger partial charge in [0.25, 0.3) is 0 Å². The van der Waals surface area contributed by atoms with Crippen LogP contribution in [0.1, 0.15) is 30.1 Å². The number of H-pyrrole nitrogens is 1. The predicted molar refractivity (Wildman–Crippen MR) is 144 cm³/mol. The van der Waals surface area contributed by atoms with Gasteiger partial charge in [-0.05, 0) is 61.1 Å². The van der Waals surface area contributed by atoms with Crippen LogP contribution in [0.3, 0.4) is 0 Å². The maximum Gasteiger partial charge on any atom is 0.305 e. The predicted octanol–water partition coefficient (Wildman–Crippen LogP) is 4.88. The Morgan fingerprint density at radius 2 is 1.88 bits per heavy atom. The number of nitrogens with one attached hydrogen (secondary N) is 2. The second-order valence-corrected chi connectivity index (χ2v) is 10.5. The van der Waals surface area contributed by atoms with Crippen molar-refractivity contribution in [2.75, 3.05) is 37.8 Å². The van der Waals surface area contributed by atoms with Gasteiger partial charge >= 0.3 is 4.87 Å². The average molecular weight is 578 g/mol. The molecule has 0 fully saturated rings. The highest BCUT2D eigenvalue weighted by Gasteiger charge is 2.15. The zero-order valence-electron chi connectivity index (χ0n) is 18.2. The summed E-state index contributed by atoms with van der Waals surface area (Å²) >= 11 is 6.37. The quantitative estimate of drug-likeness (QED) is 0.204. The number of halogens is 2. The van der Waals surface area contributed by atoms with E-state index < -0.39 is 6.10 Å². The number of aromatic amines is 1. The summed E-state index contributed by atoms with van der Waals surface area (Å²) in [6.07, 6.45) is 2.28. The molecule has 0 aliphatic carbocycles. The van der Waals surface area contributed by atoms with E-state index in [2.05, 4.69) is 50.5 Å². The van der Waals surface area contributed by atoms with Gasteiger partial charge in [-0.25, -0.2) is 0 Å². The Labute approximate surface area is 216 Å². The lowest BCUT2D eigenvalue weighted by Crippen LogP contribution is -2.23. The summed E-state index contributed by atoms with van der Waals surface area (Å²) in [5.41, 5.74) is 2.34. The molecule has 10 heteroatoms. The minimum Gasteiger partial charge on any atom is -0.506 e. The second kappa shape index (κ2) is 15.0. The molecule has 1 atom stereocenters. The van der Waals surface area contributed by atoms with Crippen LogP contribution in [0.5, 0.6) is 5.75 Å². The van der Waals surface area contributed by atoms with E-state index in [1.165, 1.54) is 11.6 Å². The minimum atomic E-state index is -0.730. The Hall–Kier alpha value is -1.07. The molecule has 0 saturated carbocycles. The lowest BCUT2D eigenvalue weighted by atomic mass is 10.1. The number of aliphatic hydroxyl groups excluding tert-OH is 1. The van der Waals surface area contributed by atoms with Crippen LogP contribution in [0, 0.1) is 0 Å². The molecule has 1 heterocycles. The van der Waals surface area contributed by atoms with Gasteiger partial charge in [-0.3, -0.25) is 4.79 Å². The van der Waals surface area contributed by atoms with Gasteiger partial charge in [0, 0.05) is 23.2 Å². The van der Waals surface area contributed by atoms with Crippen LogP contribution in [-0.2, 0) is 11.2 Å². The van der Waals surface area contributed by atoms with Gasteiger partial charge in [0.1, 0.15) is 11.3 Å². The number of phenolic OH excluding ortho intramolecular Hbond substituents is 1. The number of hydrogen-bond acceptors (Lipinski definition) is 7. The van der Waals surface area contributed by atoms with Crippen LogP contribution in [0.4, 0.5) is 0 Å². The molecule has 4 N–H and O–H groups in total. The lowest BCUT2D eigenvalue weighted by molar-refractivity contribution is 0.138. The van der Waals surface area contributed by atoms with Crippen molar-refractivity contribution in [3.8, 4) is 5.75 Å². The zero-order valence-corrected chi connectivity index (χ0v) is 22.3. The Bertz CT molecular complexity index is 1030. The first-order valence-electron chi connectivity index (χ1n) is 10.7. The van der Waals surface area contributed by atoms with E-state index in [4.69, 9.17) is 4.74 Å². The van der Waals surface area contributed by atoms with E-state index >= 15 is 0 Å². The molecule has 0 amide bonds. The molecule has 6 nitrogen and oxygen atoms in total. The zero-order chi connectivity index (χ0) is 22.8. The van der Waals surface area contributed by atoms with Crippen LogP contribution in [-0.4, -0.2) is 53.0 Å². The summed E-state index contributed by atoms with van der Waals surface area (Å²) in [7, 11) is 0. The summed E-state index contributed by atoms with van der Waals surface area (Å²) in [4.78, 5) is 14.0. The number of aliphatic hydroxyl groups is 1. The molecule has 2 aromatic carbocycles. The number of thiazole rings is 1. The number of ether oxygens (including phenoxy) is 1. The third kappa shape index (κ3) is 9.24. The average Bonchev–Trinajstić information content (AvgIpc) is 3.18. The molecule has 0 radical (unpaired) electrons. The van der Waals surface area contributed by atoms with E-state index in [9.17, 15) is 15.0 Å². The first-order valence-corrected chi connectivity index (χ1v) is 13.4. The number of phenols is 1. The van der Waals surface area contributed by atoms with E-state index in [-0.39, 0.29) is 23.0 Å². The van der Waals surface area contributed by atoms with Crippen molar-refractivity contribution in [2.45, 2.75) is 25.4 Å². The first-order chi connectivity index (χ1) is 15.5. The summed E-state index contributed by atoms with van der Waals surface area (Å²) in [5.74, 6) is 2.17. The molecule has 182 valence electrons. The fraction of sp³-hybridized carbons (Fsp3) is 0.435. The molecule has 1 aromatic heterocycles. The highest BCUT2D eigenvalue weighted by atomic mass is 79.9. The number of thioether (sulfide) groups is 1. The Kier molecular flexibility index (Phi) is 12.8. The van der Waals surface area contributed by atoms with Crippen molar-refractivity contribution in [3.05, 3.63) is 61.7 Å². The molecule has 3 aromatic rings. The smallest absolute Gasteiger partial charge is 0.305 e. The van der Waals surface area contributed by atoms with Gasteiger partial charge in [0.15, 0.2) is 0 Å². The highest BCUT2D eigenvalue weighted by molar-refractivity contribution is 9.10. The normalized spacial score (nSPS) is 12.1. The van der Waals surface area contributed by atoms with Gasteiger partial charge in [0.2, 0.25) is 0 Å². The summed E-state index contributed by atoms with van der Waals surface area (Å²) in [6, 6.07) is 11.5. The van der Waals surface area contributed by atoms with Crippen molar-refractivity contribution in [3.63, 3.8) is 0 Å². The maximum atomic E-state index is 11.6. The summed E-state index contributed by atoms with van der Waals surface area (Å²) < 4.78 is 7.43. The van der Waals surface area contributed by atoms with Gasteiger partial charge in [-0.15, -0.1) is 12.4 Å². The van der Waals surface area contributed by atoms with Crippen molar-refractivity contribution in [2.24, 2.45) is 0 Å². The SMILES string of the molecule is Cl.O=c1[nH]c2c(O)ccc([C@@H](O)CNCCCSCCCOCCc3ccc(Br)cc3)c2s1. The van der Waals surface area contributed by atoms with Gasteiger partial charge in [0.05, 0.1) is 17.4 Å². The van der Waals surface area contributed by atoms with Crippen LogP contribution < -0.4 is 10.2 Å². The van der Waals surface area contributed by atoms with E-state index in [0.29, 0.717) is 22.3 Å². The molecule has 0 saturated heterocycles. The molecular weight excluding hydrogens is 548 g/mol. The number of fused-ring (bicyclic) bond motifs is 1. The number of hydrogen-bond donors (Lipinski definition) is 4. The topological polar surface area (TPSA) is 94.6 Å². The van der Waals surface area contributed by atoms with Crippen molar-refractivity contribution < 1.29 is 14.9 Å². The Morgan fingerprint density at radius 3 is 2.67 bits per heavy atom. The molecule has 0 aliphatic rings. The summed E-state index contributed by atoms with van der Waals surface area (Å²) in [5, 5.41) is 23.6. The molecular formula is C23H30BrClN2O4S2. The largest absolute Gasteiger partial charge is 0.506 e. The lowest BCUT2D eigenvalue weighted by Gasteiger charge is -2.13. The molecule has 33 heavy (non-hydrogen) atoms. The number of aromatic nitrogens is 1. The number of rotatable bonds is 14. The van der Waals surface area contributed by atoms with Gasteiger partial charge in [-0.2, -0.15) is 11.8 Å². The van der Waals surface area contributed by atoms with Crippen molar-refractivity contribution in [1.29, 1.82) is 0 Å². The second-order valence-electron chi connectivity index (χ2n) is 7.42. The van der Waals surface area contributed by atoms with E-state index in [1.807, 2.05) is 11.8 Å². The fourth-order valence-corrected chi connectivity index (χ4v) is 5.32. The summed E-state index contributed by atoms with van der Waals surface area (Å²) in [6.45, 7) is 2.77. The van der Waals surface area contributed by atoms with Gasteiger partial charge < -0.3 is 25.3 Å². The standard InChI is InChI=1S/C23H29BrN2O4S2.ClH/c24-17-5-3-16(4-6-17)9-12-30-11-2-14-31-13-1-10-25-15-20(28)18-7-8-19(27)21-22(18)32-23(29)26-21;/h3-8,20,25,27-28H,1-2,9-15H2,(H,26,29);1H/t20-;/m0./s1. The highest BCUT2D eigenvalue weighted by Crippen LogP contribution is 2.31. The number of benzene rings is 2. The monoisotopic (exact) mass is 576 g/mol. The third-order valence-electron chi connectivity index (χ3n) is 4.95. The van der Waals surface area contributed by atoms with Crippen LogP contribution in [0.25, 0.3) is 10.2 Å².